The minimum Gasteiger partial charge on any atom is -0.273 e. The zero-order valence-corrected chi connectivity index (χ0v) is 9.74. The zero-order chi connectivity index (χ0) is 12.3. The lowest BCUT2D eigenvalue weighted by molar-refractivity contribution is -0.122. The Kier molecular flexibility index (Phi) is 3.52. The van der Waals surface area contributed by atoms with Crippen LogP contribution in [0.2, 0.25) is 0 Å². The summed E-state index contributed by atoms with van der Waals surface area (Å²) in [6.45, 7) is 1.95. The van der Waals surface area contributed by atoms with Crippen molar-refractivity contribution in [2.45, 2.75) is 26.2 Å². The first kappa shape index (κ1) is 11.8. The van der Waals surface area contributed by atoms with Gasteiger partial charge in [0.15, 0.2) is 0 Å². The average molecular weight is 234 g/mol. The van der Waals surface area contributed by atoms with Crippen LogP contribution in [0.5, 0.6) is 0 Å². The van der Waals surface area contributed by atoms with Gasteiger partial charge in [0, 0.05) is 5.92 Å². The average Bonchev–Trinajstić information content (AvgIpc) is 3.16. The van der Waals surface area contributed by atoms with Gasteiger partial charge in [-0.15, -0.1) is 0 Å². The van der Waals surface area contributed by atoms with E-state index in [1.54, 1.807) is 12.1 Å². The molecule has 1 aliphatic rings. The molecule has 0 spiro atoms. The van der Waals surface area contributed by atoms with Crippen molar-refractivity contribution in [3.05, 3.63) is 35.6 Å². The van der Waals surface area contributed by atoms with E-state index in [2.05, 4.69) is 10.5 Å². The molecule has 90 valence electrons. The summed E-state index contributed by atoms with van der Waals surface area (Å²) >= 11 is 0. The van der Waals surface area contributed by atoms with Crippen LogP contribution in [0.15, 0.2) is 29.4 Å². The summed E-state index contributed by atoms with van der Waals surface area (Å²) in [6, 6.07) is 6.12. The molecule has 4 heteroatoms. The highest BCUT2D eigenvalue weighted by Crippen LogP contribution is 2.28. The molecule has 0 heterocycles. The first-order valence-electron chi connectivity index (χ1n) is 5.83. The zero-order valence-electron chi connectivity index (χ0n) is 9.74. The fourth-order valence-electron chi connectivity index (χ4n) is 1.55. The molecular formula is C13H15FN2O. The highest BCUT2D eigenvalue weighted by atomic mass is 19.1. The van der Waals surface area contributed by atoms with Crippen LogP contribution in [-0.2, 0) is 4.79 Å². The number of hydrogen-bond donors (Lipinski definition) is 1. The number of hydrogen-bond acceptors (Lipinski definition) is 2. The lowest BCUT2D eigenvalue weighted by Gasteiger charge is -2.04. The number of hydrazone groups is 1. The summed E-state index contributed by atoms with van der Waals surface area (Å²) < 4.78 is 12.8. The first-order valence-corrected chi connectivity index (χ1v) is 5.83. The molecule has 0 atom stereocenters. The molecule has 1 fully saturated rings. The van der Waals surface area contributed by atoms with E-state index < -0.39 is 0 Å². The van der Waals surface area contributed by atoms with Crippen LogP contribution < -0.4 is 5.43 Å². The van der Waals surface area contributed by atoms with Crippen molar-refractivity contribution in [1.29, 1.82) is 0 Å². The Morgan fingerprint density at radius 3 is 2.59 bits per heavy atom. The van der Waals surface area contributed by atoms with E-state index in [1.807, 2.05) is 6.92 Å². The summed E-state index contributed by atoms with van der Waals surface area (Å²) in [4.78, 5) is 11.4. The van der Waals surface area contributed by atoms with Crippen LogP contribution in [0.3, 0.4) is 0 Å². The van der Waals surface area contributed by atoms with Crippen molar-refractivity contribution in [3.63, 3.8) is 0 Å². The van der Waals surface area contributed by atoms with Crippen molar-refractivity contribution in [1.82, 2.24) is 5.43 Å². The topological polar surface area (TPSA) is 41.5 Å². The molecule has 0 radical (unpaired) electrons. The maximum absolute atomic E-state index is 12.8. The maximum atomic E-state index is 12.8. The Balaban J connectivity index is 2.06. The van der Waals surface area contributed by atoms with Crippen LogP contribution in [0.4, 0.5) is 4.39 Å². The normalized spacial score (nSPS) is 15.8. The Labute approximate surface area is 99.7 Å². The van der Waals surface area contributed by atoms with E-state index in [1.165, 1.54) is 12.1 Å². The van der Waals surface area contributed by atoms with Crippen LogP contribution in [-0.4, -0.2) is 11.6 Å². The Bertz CT molecular complexity index is 435. The number of benzene rings is 1. The third-order valence-electron chi connectivity index (χ3n) is 2.76. The van der Waals surface area contributed by atoms with E-state index in [0.717, 1.165) is 24.1 Å². The van der Waals surface area contributed by atoms with Gasteiger partial charge >= 0.3 is 0 Å². The van der Waals surface area contributed by atoms with Gasteiger partial charge in [-0.1, -0.05) is 19.1 Å². The maximum Gasteiger partial charge on any atom is 0.243 e. The molecule has 1 saturated carbocycles. The monoisotopic (exact) mass is 234 g/mol. The lowest BCUT2D eigenvalue weighted by atomic mass is 10.1. The predicted octanol–water partition coefficient (Wildman–Crippen LogP) is 2.47. The van der Waals surface area contributed by atoms with Gasteiger partial charge in [-0.2, -0.15) is 5.10 Å². The van der Waals surface area contributed by atoms with Gasteiger partial charge < -0.3 is 0 Å². The molecule has 1 aliphatic carbocycles. The number of carbonyl (C=O) groups is 1. The highest BCUT2D eigenvalue weighted by Gasteiger charge is 2.29. The number of amides is 1. The summed E-state index contributed by atoms with van der Waals surface area (Å²) in [5, 5.41) is 4.10. The number of nitrogens with one attached hydrogen (secondary N) is 1. The van der Waals surface area contributed by atoms with E-state index in [4.69, 9.17) is 0 Å². The number of rotatable bonds is 4. The van der Waals surface area contributed by atoms with Crippen molar-refractivity contribution in [2.24, 2.45) is 11.0 Å². The number of halogens is 1. The van der Waals surface area contributed by atoms with Gasteiger partial charge in [-0.05, 0) is 37.0 Å². The van der Waals surface area contributed by atoms with E-state index in [-0.39, 0.29) is 17.6 Å². The minimum absolute atomic E-state index is 0.0157. The molecule has 3 nitrogen and oxygen atoms in total. The van der Waals surface area contributed by atoms with Gasteiger partial charge in [0.05, 0.1) is 5.71 Å². The van der Waals surface area contributed by atoms with Gasteiger partial charge in [0.1, 0.15) is 5.82 Å². The fraction of sp³-hybridized carbons (Fsp3) is 0.385. The van der Waals surface area contributed by atoms with E-state index in [9.17, 15) is 9.18 Å². The predicted molar refractivity (Wildman–Crippen MR) is 64.1 cm³/mol. The van der Waals surface area contributed by atoms with Crippen molar-refractivity contribution in [3.8, 4) is 0 Å². The SMILES string of the molecule is CC/C(=N/NC(=O)C1CC1)c1ccc(F)cc1. The fourth-order valence-corrected chi connectivity index (χ4v) is 1.55. The Morgan fingerprint density at radius 2 is 2.06 bits per heavy atom. The van der Waals surface area contributed by atoms with Gasteiger partial charge in [-0.3, -0.25) is 4.79 Å². The largest absolute Gasteiger partial charge is 0.273 e. The Hall–Kier alpha value is -1.71. The second-order valence-electron chi connectivity index (χ2n) is 4.17. The molecule has 0 saturated heterocycles. The molecule has 17 heavy (non-hydrogen) atoms. The molecule has 2 rings (SSSR count). The third-order valence-corrected chi connectivity index (χ3v) is 2.76. The van der Waals surface area contributed by atoms with E-state index >= 15 is 0 Å². The molecule has 1 N–H and O–H groups in total. The molecular weight excluding hydrogens is 219 g/mol. The summed E-state index contributed by atoms with van der Waals surface area (Å²) in [6.07, 6.45) is 2.61. The van der Waals surface area contributed by atoms with Crippen molar-refractivity contribution >= 4 is 11.6 Å². The molecule has 1 aromatic carbocycles. The van der Waals surface area contributed by atoms with Gasteiger partial charge in [-0.25, -0.2) is 9.82 Å². The second kappa shape index (κ2) is 5.08. The molecule has 1 amide bonds. The second-order valence-corrected chi connectivity index (χ2v) is 4.17. The minimum atomic E-state index is -0.272. The van der Waals surface area contributed by atoms with Crippen LogP contribution >= 0.6 is 0 Å². The summed E-state index contributed by atoms with van der Waals surface area (Å²) in [5.74, 6) is -0.144. The highest BCUT2D eigenvalue weighted by molar-refractivity contribution is 6.01. The van der Waals surface area contributed by atoms with Gasteiger partial charge in [0.2, 0.25) is 5.91 Å². The smallest absolute Gasteiger partial charge is 0.243 e. The quantitative estimate of drug-likeness (QED) is 0.631. The van der Waals surface area contributed by atoms with Crippen molar-refractivity contribution < 1.29 is 9.18 Å². The Morgan fingerprint density at radius 1 is 1.41 bits per heavy atom. The molecule has 1 aromatic rings. The third kappa shape index (κ3) is 3.12. The van der Waals surface area contributed by atoms with Crippen LogP contribution in [0.25, 0.3) is 0 Å². The first-order chi connectivity index (χ1) is 8.20. The molecule has 0 aromatic heterocycles. The van der Waals surface area contributed by atoms with Crippen LogP contribution in [0, 0.1) is 11.7 Å². The molecule has 0 unspecified atom stereocenters. The molecule has 0 aliphatic heterocycles. The summed E-state index contributed by atoms with van der Waals surface area (Å²) in [5.41, 5.74) is 4.16. The lowest BCUT2D eigenvalue weighted by Crippen LogP contribution is -2.21. The van der Waals surface area contributed by atoms with E-state index in [0.29, 0.717) is 6.42 Å². The standard InChI is InChI=1S/C13H15FN2O/c1-2-12(9-5-7-11(14)8-6-9)15-16-13(17)10-3-4-10/h5-8,10H,2-4H2,1H3,(H,16,17)/b15-12-. The summed E-state index contributed by atoms with van der Waals surface area (Å²) in [7, 11) is 0. The van der Waals surface area contributed by atoms with Crippen molar-refractivity contribution in [2.75, 3.05) is 0 Å². The number of carbonyl (C=O) groups excluding carboxylic acids is 1. The number of nitrogens with zero attached hydrogens (tertiary/aromatic N) is 1. The van der Waals surface area contributed by atoms with Gasteiger partial charge in [0.25, 0.3) is 0 Å². The van der Waals surface area contributed by atoms with Crippen LogP contribution in [0.1, 0.15) is 31.7 Å². The molecule has 0 bridgehead atoms.